The van der Waals surface area contributed by atoms with Crippen LogP contribution in [0.15, 0.2) is 52.9 Å². The lowest BCUT2D eigenvalue weighted by atomic mass is 9.87. The quantitative estimate of drug-likeness (QED) is 0.722. The van der Waals surface area contributed by atoms with Crippen LogP contribution >= 0.6 is 11.6 Å². The zero-order valence-corrected chi connectivity index (χ0v) is 15.0. The molecule has 6 heteroatoms. The Kier molecular flexibility index (Phi) is 4.59. The number of nitrogens with one attached hydrogen (secondary N) is 1. The summed E-state index contributed by atoms with van der Waals surface area (Å²) in [6.07, 6.45) is 0. The third-order valence-corrected chi connectivity index (χ3v) is 4.00. The highest BCUT2D eigenvalue weighted by Crippen LogP contribution is 2.24. The van der Waals surface area contributed by atoms with Crippen molar-refractivity contribution in [3.8, 4) is 11.5 Å². The molecule has 0 unspecified atom stereocenters. The van der Waals surface area contributed by atoms with E-state index >= 15 is 0 Å². The second-order valence-electron chi connectivity index (χ2n) is 6.70. The molecule has 1 aromatic heterocycles. The molecule has 5 nitrogen and oxygen atoms in total. The maximum absolute atomic E-state index is 12.3. The Balaban J connectivity index is 1.72. The largest absolute Gasteiger partial charge is 0.403 e. The molecule has 0 saturated heterocycles. The number of hydrogen-bond acceptors (Lipinski definition) is 4. The summed E-state index contributed by atoms with van der Waals surface area (Å²) in [7, 11) is 0. The molecule has 1 heterocycles. The molecule has 0 aliphatic heterocycles. The standard InChI is InChI=1S/C19H18ClN3O2/c1-19(2,3)14-8-4-12(5-9-14)16(24)21-18-23-22-17(25-18)13-6-10-15(20)11-7-13/h4-11H,1-3H3,(H,21,23,24). The van der Waals surface area contributed by atoms with Crippen molar-refractivity contribution >= 4 is 23.5 Å². The summed E-state index contributed by atoms with van der Waals surface area (Å²) in [6, 6.07) is 14.5. The minimum absolute atomic E-state index is 0.0367. The summed E-state index contributed by atoms with van der Waals surface area (Å²) < 4.78 is 5.48. The zero-order valence-electron chi connectivity index (χ0n) is 14.2. The first-order valence-corrected chi connectivity index (χ1v) is 8.22. The lowest BCUT2D eigenvalue weighted by Gasteiger charge is -2.18. The van der Waals surface area contributed by atoms with E-state index in [-0.39, 0.29) is 17.3 Å². The summed E-state index contributed by atoms with van der Waals surface area (Å²) in [5, 5.41) is 11.0. The van der Waals surface area contributed by atoms with Gasteiger partial charge in [-0.05, 0) is 47.4 Å². The second kappa shape index (κ2) is 6.69. The molecule has 0 fully saturated rings. The van der Waals surface area contributed by atoms with Gasteiger partial charge < -0.3 is 4.42 Å². The molecule has 0 saturated carbocycles. The molecule has 3 aromatic rings. The summed E-state index contributed by atoms with van der Waals surface area (Å²) in [5.74, 6) is 0.0156. The van der Waals surface area contributed by atoms with E-state index in [2.05, 4.69) is 36.3 Å². The topological polar surface area (TPSA) is 68.0 Å². The molecule has 1 amide bonds. The van der Waals surface area contributed by atoms with Gasteiger partial charge in [-0.3, -0.25) is 10.1 Å². The van der Waals surface area contributed by atoms with Crippen LogP contribution in [0, 0.1) is 0 Å². The molecule has 3 rings (SSSR count). The van der Waals surface area contributed by atoms with Gasteiger partial charge in [0.1, 0.15) is 0 Å². The molecule has 0 aliphatic rings. The van der Waals surface area contributed by atoms with E-state index < -0.39 is 0 Å². The van der Waals surface area contributed by atoms with Gasteiger partial charge in [0, 0.05) is 16.1 Å². The van der Waals surface area contributed by atoms with Gasteiger partial charge in [0.05, 0.1) is 0 Å². The molecule has 2 aromatic carbocycles. The molecule has 128 valence electrons. The van der Waals surface area contributed by atoms with Crippen LogP contribution in [0.3, 0.4) is 0 Å². The first-order chi connectivity index (χ1) is 11.8. The van der Waals surface area contributed by atoms with Crippen molar-refractivity contribution in [3.05, 3.63) is 64.7 Å². The number of halogens is 1. The van der Waals surface area contributed by atoms with Crippen molar-refractivity contribution in [2.45, 2.75) is 26.2 Å². The Morgan fingerprint density at radius 1 is 1.00 bits per heavy atom. The smallest absolute Gasteiger partial charge is 0.322 e. The van der Waals surface area contributed by atoms with E-state index in [1.807, 2.05) is 12.1 Å². The number of carbonyl (C=O) groups is 1. The fourth-order valence-corrected chi connectivity index (χ4v) is 2.40. The van der Waals surface area contributed by atoms with Gasteiger partial charge in [-0.15, -0.1) is 5.10 Å². The van der Waals surface area contributed by atoms with Crippen molar-refractivity contribution in [1.29, 1.82) is 0 Å². The molecule has 0 radical (unpaired) electrons. The summed E-state index contributed by atoms with van der Waals surface area (Å²) in [4.78, 5) is 12.3. The minimum atomic E-state index is -0.299. The van der Waals surface area contributed by atoms with Crippen molar-refractivity contribution in [2.24, 2.45) is 0 Å². The van der Waals surface area contributed by atoms with Crippen LogP contribution in [0.25, 0.3) is 11.5 Å². The first-order valence-electron chi connectivity index (χ1n) is 7.84. The minimum Gasteiger partial charge on any atom is -0.403 e. The van der Waals surface area contributed by atoms with Gasteiger partial charge in [-0.1, -0.05) is 49.6 Å². The normalized spacial score (nSPS) is 11.4. The Bertz CT molecular complexity index is 878. The van der Waals surface area contributed by atoms with Crippen molar-refractivity contribution < 1.29 is 9.21 Å². The lowest BCUT2D eigenvalue weighted by molar-refractivity contribution is 0.102. The third-order valence-electron chi connectivity index (χ3n) is 3.75. The number of amides is 1. The van der Waals surface area contributed by atoms with Crippen LogP contribution in [-0.2, 0) is 5.41 Å². The van der Waals surface area contributed by atoms with Crippen LogP contribution in [0.2, 0.25) is 5.02 Å². The van der Waals surface area contributed by atoms with Crippen LogP contribution < -0.4 is 5.32 Å². The van der Waals surface area contributed by atoms with E-state index in [9.17, 15) is 4.79 Å². The maximum atomic E-state index is 12.3. The third kappa shape index (κ3) is 4.06. The van der Waals surface area contributed by atoms with E-state index in [4.69, 9.17) is 16.0 Å². The molecular formula is C19H18ClN3O2. The van der Waals surface area contributed by atoms with Gasteiger partial charge in [0.2, 0.25) is 5.89 Å². The highest BCUT2D eigenvalue weighted by Gasteiger charge is 2.16. The number of anilines is 1. The zero-order chi connectivity index (χ0) is 18.0. The number of rotatable bonds is 3. The predicted octanol–water partition coefficient (Wildman–Crippen LogP) is 4.94. The molecule has 0 aliphatic carbocycles. The van der Waals surface area contributed by atoms with E-state index in [0.717, 1.165) is 11.1 Å². The van der Waals surface area contributed by atoms with Gasteiger partial charge in [0.25, 0.3) is 5.91 Å². The number of benzene rings is 2. The molecule has 0 atom stereocenters. The van der Waals surface area contributed by atoms with Crippen LogP contribution in [0.5, 0.6) is 0 Å². The van der Waals surface area contributed by atoms with E-state index in [1.54, 1.807) is 36.4 Å². The fourth-order valence-electron chi connectivity index (χ4n) is 2.27. The molecule has 1 N–H and O–H groups in total. The average molecular weight is 356 g/mol. The van der Waals surface area contributed by atoms with Gasteiger partial charge in [-0.2, -0.15) is 0 Å². The Morgan fingerprint density at radius 2 is 1.64 bits per heavy atom. The SMILES string of the molecule is CC(C)(C)c1ccc(C(=O)Nc2nnc(-c3ccc(Cl)cc3)o2)cc1. The summed E-state index contributed by atoms with van der Waals surface area (Å²) >= 11 is 5.86. The second-order valence-corrected chi connectivity index (χ2v) is 7.14. The van der Waals surface area contributed by atoms with E-state index in [0.29, 0.717) is 16.5 Å². The summed E-state index contributed by atoms with van der Waals surface area (Å²) in [6.45, 7) is 6.37. The first kappa shape index (κ1) is 17.2. The van der Waals surface area contributed by atoms with Crippen LogP contribution in [0.4, 0.5) is 6.01 Å². The average Bonchev–Trinajstić information content (AvgIpc) is 3.03. The monoisotopic (exact) mass is 355 g/mol. The lowest BCUT2D eigenvalue weighted by Crippen LogP contribution is -2.14. The predicted molar refractivity (Wildman–Crippen MR) is 97.8 cm³/mol. The number of nitrogens with zero attached hydrogens (tertiary/aromatic N) is 2. The van der Waals surface area contributed by atoms with Gasteiger partial charge in [0.15, 0.2) is 0 Å². The van der Waals surface area contributed by atoms with Gasteiger partial charge >= 0.3 is 6.01 Å². The van der Waals surface area contributed by atoms with Crippen molar-refractivity contribution in [3.63, 3.8) is 0 Å². The van der Waals surface area contributed by atoms with Gasteiger partial charge in [-0.25, -0.2) is 0 Å². The Hall–Kier alpha value is -2.66. The maximum Gasteiger partial charge on any atom is 0.322 e. The number of carbonyl (C=O) groups excluding carboxylic acids is 1. The highest BCUT2D eigenvalue weighted by molar-refractivity contribution is 6.30. The summed E-state index contributed by atoms with van der Waals surface area (Å²) in [5.41, 5.74) is 2.45. The molecule has 0 spiro atoms. The fraction of sp³-hybridized carbons (Fsp3) is 0.211. The Labute approximate surface area is 151 Å². The van der Waals surface area contributed by atoms with Crippen LogP contribution in [0.1, 0.15) is 36.7 Å². The van der Waals surface area contributed by atoms with E-state index in [1.165, 1.54) is 0 Å². The number of aromatic nitrogens is 2. The molecular weight excluding hydrogens is 338 g/mol. The van der Waals surface area contributed by atoms with Crippen molar-refractivity contribution in [2.75, 3.05) is 5.32 Å². The molecule has 0 bridgehead atoms. The Morgan fingerprint density at radius 3 is 2.24 bits per heavy atom. The number of hydrogen-bond donors (Lipinski definition) is 1. The highest BCUT2D eigenvalue weighted by atomic mass is 35.5. The van der Waals surface area contributed by atoms with Crippen LogP contribution in [-0.4, -0.2) is 16.1 Å². The molecule has 25 heavy (non-hydrogen) atoms. The van der Waals surface area contributed by atoms with Crippen molar-refractivity contribution in [1.82, 2.24) is 10.2 Å².